The van der Waals surface area contributed by atoms with Crippen molar-refractivity contribution in [3.8, 4) is 0 Å². The lowest BCUT2D eigenvalue weighted by Gasteiger charge is -2.34. The standard InChI is InChI=1S/C32H41N3O4S/c1-6-25(4)33-32(37)30(21-27-13-9-8-10-14-27)34(22-28-15-11-12-24(3)20-28)31(36)23-35(40(5,38)39)29-18-16-26(7-2)17-19-29/h8-20,25,30H,6-7,21-23H2,1-5H3,(H,33,37)/t25-,30+/m0/s1. The van der Waals surface area contributed by atoms with Crippen molar-refractivity contribution in [1.29, 1.82) is 0 Å². The van der Waals surface area contributed by atoms with Crippen molar-refractivity contribution in [3.05, 3.63) is 101 Å². The lowest BCUT2D eigenvalue weighted by molar-refractivity contribution is -0.140. The van der Waals surface area contributed by atoms with Gasteiger partial charge in [0.15, 0.2) is 0 Å². The Morgan fingerprint density at radius 3 is 2.10 bits per heavy atom. The summed E-state index contributed by atoms with van der Waals surface area (Å²) >= 11 is 0. The lowest BCUT2D eigenvalue weighted by Crippen LogP contribution is -2.54. The van der Waals surface area contributed by atoms with E-state index in [1.807, 2.05) is 94.4 Å². The molecule has 0 aromatic heterocycles. The fraction of sp³-hybridized carbons (Fsp3) is 0.375. The molecule has 0 saturated heterocycles. The van der Waals surface area contributed by atoms with Gasteiger partial charge in [0.25, 0.3) is 0 Å². The third-order valence-corrected chi connectivity index (χ3v) is 8.16. The lowest BCUT2D eigenvalue weighted by atomic mass is 10.0. The second kappa shape index (κ2) is 14.1. The molecule has 0 aliphatic heterocycles. The monoisotopic (exact) mass is 563 g/mol. The number of carbonyl (C=O) groups is 2. The summed E-state index contributed by atoms with van der Waals surface area (Å²) in [5.41, 5.74) is 4.27. The molecule has 2 amide bonds. The second-order valence-corrected chi connectivity index (χ2v) is 12.2. The first-order valence-electron chi connectivity index (χ1n) is 13.8. The summed E-state index contributed by atoms with van der Waals surface area (Å²) < 4.78 is 26.9. The Hall–Kier alpha value is -3.65. The third-order valence-electron chi connectivity index (χ3n) is 7.02. The Balaban J connectivity index is 2.05. The Kier molecular flexibility index (Phi) is 10.9. The van der Waals surface area contributed by atoms with Crippen LogP contribution in [0.2, 0.25) is 0 Å². The van der Waals surface area contributed by atoms with Crippen LogP contribution in [0.3, 0.4) is 0 Å². The number of amides is 2. The first-order valence-corrected chi connectivity index (χ1v) is 15.6. The number of rotatable bonds is 13. The number of hydrogen-bond acceptors (Lipinski definition) is 4. The van der Waals surface area contributed by atoms with Crippen LogP contribution in [0.15, 0.2) is 78.9 Å². The van der Waals surface area contributed by atoms with Crippen molar-refractivity contribution in [2.24, 2.45) is 0 Å². The van der Waals surface area contributed by atoms with Gasteiger partial charge in [-0.05, 0) is 55.5 Å². The molecule has 0 spiro atoms. The van der Waals surface area contributed by atoms with E-state index in [-0.39, 0.29) is 18.5 Å². The molecule has 1 N–H and O–H groups in total. The largest absolute Gasteiger partial charge is 0.352 e. The van der Waals surface area contributed by atoms with Gasteiger partial charge in [-0.15, -0.1) is 0 Å². The minimum atomic E-state index is -3.79. The molecule has 3 aromatic carbocycles. The molecule has 7 nitrogen and oxygen atoms in total. The number of nitrogens with zero attached hydrogens (tertiary/aromatic N) is 2. The van der Waals surface area contributed by atoms with Crippen LogP contribution in [0.1, 0.15) is 49.4 Å². The molecule has 0 radical (unpaired) electrons. The maximum absolute atomic E-state index is 14.1. The zero-order chi connectivity index (χ0) is 29.3. The highest BCUT2D eigenvalue weighted by Crippen LogP contribution is 2.21. The average molecular weight is 564 g/mol. The highest BCUT2D eigenvalue weighted by molar-refractivity contribution is 7.92. The molecule has 2 atom stereocenters. The predicted octanol–water partition coefficient (Wildman–Crippen LogP) is 4.88. The Bertz CT molecular complexity index is 1370. The quantitative estimate of drug-likeness (QED) is 0.321. The summed E-state index contributed by atoms with van der Waals surface area (Å²) in [5, 5.41) is 3.05. The zero-order valence-corrected chi connectivity index (χ0v) is 24.9. The number of nitrogens with one attached hydrogen (secondary N) is 1. The molecular weight excluding hydrogens is 522 g/mol. The van der Waals surface area contributed by atoms with Crippen molar-refractivity contribution in [2.45, 2.75) is 65.6 Å². The Morgan fingerprint density at radius 1 is 0.875 bits per heavy atom. The van der Waals surface area contributed by atoms with Crippen molar-refractivity contribution in [1.82, 2.24) is 10.2 Å². The number of carbonyl (C=O) groups excluding carboxylic acids is 2. The van der Waals surface area contributed by atoms with E-state index in [0.717, 1.165) is 45.7 Å². The first kappa shape index (κ1) is 30.9. The van der Waals surface area contributed by atoms with Gasteiger partial charge >= 0.3 is 0 Å². The van der Waals surface area contributed by atoms with E-state index >= 15 is 0 Å². The van der Waals surface area contributed by atoms with E-state index in [9.17, 15) is 18.0 Å². The summed E-state index contributed by atoms with van der Waals surface area (Å²) in [7, 11) is -3.79. The first-order chi connectivity index (χ1) is 19.0. The van der Waals surface area contributed by atoms with Crippen molar-refractivity contribution < 1.29 is 18.0 Å². The van der Waals surface area contributed by atoms with E-state index in [2.05, 4.69) is 5.32 Å². The van der Waals surface area contributed by atoms with Gasteiger partial charge in [0.2, 0.25) is 21.8 Å². The molecule has 8 heteroatoms. The van der Waals surface area contributed by atoms with Gasteiger partial charge in [0.05, 0.1) is 11.9 Å². The maximum atomic E-state index is 14.1. The smallest absolute Gasteiger partial charge is 0.244 e. The molecule has 214 valence electrons. The normalized spacial score (nSPS) is 12.8. The molecule has 40 heavy (non-hydrogen) atoms. The molecule has 3 rings (SSSR count). The van der Waals surface area contributed by atoms with Crippen LogP contribution in [-0.4, -0.2) is 50.0 Å². The van der Waals surface area contributed by atoms with Crippen molar-refractivity contribution in [2.75, 3.05) is 17.1 Å². The van der Waals surface area contributed by atoms with Gasteiger partial charge < -0.3 is 10.2 Å². The molecule has 0 aliphatic rings. The van der Waals surface area contributed by atoms with Crippen LogP contribution in [0.5, 0.6) is 0 Å². The molecule has 0 saturated carbocycles. The summed E-state index contributed by atoms with van der Waals surface area (Å²) in [6.07, 6.45) is 2.95. The number of sulfonamides is 1. The minimum Gasteiger partial charge on any atom is -0.352 e. The fourth-order valence-corrected chi connectivity index (χ4v) is 5.36. The average Bonchev–Trinajstić information content (AvgIpc) is 2.93. The maximum Gasteiger partial charge on any atom is 0.244 e. The number of aryl methyl sites for hydroxylation is 2. The van der Waals surface area contributed by atoms with Gasteiger partial charge in [-0.1, -0.05) is 86.1 Å². The molecule has 0 aliphatic carbocycles. The van der Waals surface area contributed by atoms with Crippen LogP contribution in [0, 0.1) is 6.92 Å². The van der Waals surface area contributed by atoms with Crippen molar-refractivity contribution in [3.63, 3.8) is 0 Å². The fourth-order valence-electron chi connectivity index (χ4n) is 4.51. The topological polar surface area (TPSA) is 86.8 Å². The van der Waals surface area contributed by atoms with Crippen LogP contribution < -0.4 is 9.62 Å². The van der Waals surface area contributed by atoms with Gasteiger partial charge in [-0.3, -0.25) is 13.9 Å². The molecule has 0 heterocycles. The van der Waals surface area contributed by atoms with E-state index in [0.29, 0.717) is 12.1 Å². The van der Waals surface area contributed by atoms with Gasteiger partial charge in [-0.2, -0.15) is 0 Å². The summed E-state index contributed by atoms with van der Waals surface area (Å²) in [6, 6.07) is 23.6. The van der Waals surface area contributed by atoms with Gasteiger partial charge in [-0.25, -0.2) is 8.42 Å². The van der Waals surface area contributed by atoms with Crippen LogP contribution >= 0.6 is 0 Å². The highest BCUT2D eigenvalue weighted by atomic mass is 32.2. The molecule has 0 fully saturated rings. The summed E-state index contributed by atoms with van der Waals surface area (Å²) in [5.74, 6) is -0.718. The predicted molar refractivity (Wildman–Crippen MR) is 162 cm³/mol. The van der Waals surface area contributed by atoms with E-state index < -0.39 is 28.5 Å². The van der Waals surface area contributed by atoms with Crippen LogP contribution in [-0.2, 0) is 39.0 Å². The Morgan fingerprint density at radius 2 is 1.52 bits per heavy atom. The molecule has 0 unspecified atom stereocenters. The van der Waals surface area contributed by atoms with Crippen molar-refractivity contribution >= 4 is 27.5 Å². The molecular formula is C32H41N3O4S. The Labute approximate surface area is 239 Å². The van der Waals surface area contributed by atoms with E-state index in [1.54, 1.807) is 12.1 Å². The summed E-state index contributed by atoms with van der Waals surface area (Å²) in [6.45, 7) is 7.65. The number of hydrogen-bond donors (Lipinski definition) is 1. The van der Waals surface area contributed by atoms with Crippen LogP contribution in [0.25, 0.3) is 0 Å². The van der Waals surface area contributed by atoms with Crippen LogP contribution in [0.4, 0.5) is 5.69 Å². The minimum absolute atomic E-state index is 0.0775. The third kappa shape index (κ3) is 8.68. The second-order valence-electron chi connectivity index (χ2n) is 10.3. The summed E-state index contributed by atoms with van der Waals surface area (Å²) in [4.78, 5) is 29.3. The zero-order valence-electron chi connectivity index (χ0n) is 24.1. The highest BCUT2D eigenvalue weighted by Gasteiger charge is 2.33. The molecule has 3 aromatic rings. The van der Waals surface area contributed by atoms with E-state index in [1.165, 1.54) is 4.90 Å². The van der Waals surface area contributed by atoms with Gasteiger partial charge in [0, 0.05) is 19.0 Å². The molecule has 0 bridgehead atoms. The van der Waals surface area contributed by atoms with Gasteiger partial charge in [0.1, 0.15) is 12.6 Å². The van der Waals surface area contributed by atoms with E-state index in [4.69, 9.17) is 0 Å². The number of anilines is 1. The SMILES string of the molecule is CCc1ccc(N(CC(=O)N(Cc2cccc(C)c2)[C@H](Cc2ccccc2)C(=O)N[C@@H](C)CC)S(C)(=O)=O)cc1. The number of benzene rings is 3.